The fourth-order valence-corrected chi connectivity index (χ4v) is 4.88. The Hall–Kier alpha value is -5.10. The monoisotopic (exact) mass is 557 g/mol. The molecule has 0 radical (unpaired) electrons. The lowest BCUT2D eigenvalue weighted by Crippen LogP contribution is -2.23. The van der Waals surface area contributed by atoms with Crippen LogP contribution in [0.5, 0.6) is 16.7 Å². The Kier molecular flexibility index (Phi) is 6.44. The number of anilines is 1. The van der Waals surface area contributed by atoms with Gasteiger partial charge in [-0.05, 0) is 54.2 Å². The van der Waals surface area contributed by atoms with Gasteiger partial charge in [0.1, 0.15) is 34.9 Å². The van der Waals surface area contributed by atoms with Gasteiger partial charge in [0.2, 0.25) is 4.96 Å². The molecule has 202 valence electrons. The van der Waals surface area contributed by atoms with Gasteiger partial charge >= 0.3 is 0 Å². The molecule has 2 N–H and O–H groups in total. The molecule has 0 aliphatic carbocycles. The van der Waals surface area contributed by atoms with Crippen molar-refractivity contribution in [1.29, 1.82) is 0 Å². The number of ether oxygens (including phenoxy) is 3. The van der Waals surface area contributed by atoms with Crippen LogP contribution in [0.25, 0.3) is 27.4 Å². The number of imidazole rings is 1. The number of H-pyrrole nitrogens is 1. The van der Waals surface area contributed by atoms with Crippen molar-refractivity contribution in [1.82, 2.24) is 19.6 Å². The number of carbonyl (C=O) groups is 1. The van der Waals surface area contributed by atoms with E-state index in [1.165, 1.54) is 17.4 Å². The summed E-state index contributed by atoms with van der Waals surface area (Å²) in [5.41, 5.74) is 2.83. The number of benzene rings is 2. The zero-order chi connectivity index (χ0) is 27.8. The highest BCUT2D eigenvalue weighted by Gasteiger charge is 2.17. The number of nitrogens with one attached hydrogen (secondary N) is 2. The highest BCUT2D eigenvalue weighted by molar-refractivity contribution is 7.18. The van der Waals surface area contributed by atoms with E-state index in [2.05, 4.69) is 20.4 Å². The third-order valence-electron chi connectivity index (χ3n) is 6.14. The van der Waals surface area contributed by atoms with Crippen LogP contribution in [0.3, 0.4) is 0 Å². The third-order valence-corrected chi connectivity index (χ3v) is 7.02. The maximum Gasteiger partial charge on any atom is 0.294 e. The molecule has 0 fully saturated rings. The van der Waals surface area contributed by atoms with Gasteiger partial charge in [0, 0.05) is 23.5 Å². The molecule has 1 amide bonds. The molecule has 0 unspecified atom stereocenters. The highest BCUT2D eigenvalue weighted by atomic mass is 32.1. The van der Waals surface area contributed by atoms with Crippen LogP contribution in [0.2, 0.25) is 0 Å². The van der Waals surface area contributed by atoms with Gasteiger partial charge in [-0.1, -0.05) is 12.1 Å². The molecule has 0 saturated carbocycles. The van der Waals surface area contributed by atoms with Gasteiger partial charge in [0.05, 0.1) is 25.8 Å². The van der Waals surface area contributed by atoms with Crippen LogP contribution in [-0.4, -0.2) is 39.7 Å². The van der Waals surface area contributed by atoms with E-state index in [4.69, 9.17) is 18.6 Å². The van der Waals surface area contributed by atoms with E-state index in [0.717, 1.165) is 10.9 Å². The Morgan fingerprint density at radius 3 is 2.77 bits per heavy atom. The first-order chi connectivity index (χ1) is 19.4. The molecule has 0 atom stereocenters. The molecule has 6 aromatic rings. The number of aromatic amines is 1. The van der Waals surface area contributed by atoms with Crippen LogP contribution >= 0.6 is 11.3 Å². The number of aromatic nitrogens is 4. The molecule has 6 rings (SSSR count). The number of hydrogen-bond acceptors (Lipinski definition) is 9. The van der Waals surface area contributed by atoms with Crippen molar-refractivity contribution < 1.29 is 23.4 Å². The van der Waals surface area contributed by atoms with Crippen LogP contribution in [0.15, 0.2) is 70.0 Å². The SMILES string of the molecule is COc1cc(OCc2cccc(NC(=O)c3ccc(C)[nH]c3=O)c2)c2cc(-c3cn4nc(OC)sc4n3)oc2c1. The van der Waals surface area contributed by atoms with E-state index >= 15 is 0 Å². The number of furan rings is 1. The average Bonchev–Trinajstić information content (AvgIpc) is 3.64. The van der Waals surface area contributed by atoms with Crippen LogP contribution in [-0.2, 0) is 6.61 Å². The predicted octanol–water partition coefficient (Wildman–Crippen LogP) is 5.05. The molecule has 12 heteroatoms. The Morgan fingerprint density at radius 1 is 1.12 bits per heavy atom. The average molecular weight is 558 g/mol. The summed E-state index contributed by atoms with van der Waals surface area (Å²) < 4.78 is 24.6. The van der Waals surface area contributed by atoms with E-state index in [0.29, 0.717) is 50.1 Å². The third kappa shape index (κ3) is 4.87. The van der Waals surface area contributed by atoms with Crippen molar-refractivity contribution >= 4 is 38.9 Å². The van der Waals surface area contributed by atoms with Gasteiger partial charge in [0.15, 0.2) is 5.76 Å². The molecule has 0 aliphatic rings. The first kappa shape index (κ1) is 25.2. The lowest BCUT2D eigenvalue weighted by molar-refractivity contribution is 0.102. The summed E-state index contributed by atoms with van der Waals surface area (Å²) in [6.07, 6.45) is 1.77. The van der Waals surface area contributed by atoms with E-state index in [-0.39, 0.29) is 12.2 Å². The van der Waals surface area contributed by atoms with Crippen LogP contribution < -0.4 is 25.1 Å². The molecule has 0 saturated heterocycles. The minimum Gasteiger partial charge on any atom is -0.496 e. The van der Waals surface area contributed by atoms with Crippen molar-refractivity contribution in [3.63, 3.8) is 0 Å². The van der Waals surface area contributed by atoms with E-state index in [9.17, 15) is 9.59 Å². The van der Waals surface area contributed by atoms with Crippen molar-refractivity contribution in [3.05, 3.63) is 88.0 Å². The van der Waals surface area contributed by atoms with Crippen molar-refractivity contribution in [3.8, 4) is 28.1 Å². The minimum absolute atomic E-state index is 0.0364. The second-order valence-corrected chi connectivity index (χ2v) is 9.82. The zero-order valence-corrected chi connectivity index (χ0v) is 22.5. The lowest BCUT2D eigenvalue weighted by atomic mass is 10.2. The maximum atomic E-state index is 12.6. The number of rotatable bonds is 8. The molecule has 40 heavy (non-hydrogen) atoms. The van der Waals surface area contributed by atoms with E-state index in [1.807, 2.05) is 12.1 Å². The van der Waals surface area contributed by atoms with Crippen molar-refractivity contribution in [2.75, 3.05) is 19.5 Å². The lowest BCUT2D eigenvalue weighted by Gasteiger charge is -2.11. The molecule has 11 nitrogen and oxygen atoms in total. The summed E-state index contributed by atoms with van der Waals surface area (Å²) >= 11 is 1.33. The largest absolute Gasteiger partial charge is 0.496 e. The first-order valence-corrected chi connectivity index (χ1v) is 13.0. The number of pyridine rings is 1. The maximum absolute atomic E-state index is 12.6. The van der Waals surface area contributed by atoms with Crippen LogP contribution in [0.1, 0.15) is 21.6 Å². The highest BCUT2D eigenvalue weighted by Crippen LogP contribution is 2.37. The smallest absolute Gasteiger partial charge is 0.294 e. The molecule has 4 aromatic heterocycles. The molecule has 0 aliphatic heterocycles. The summed E-state index contributed by atoms with van der Waals surface area (Å²) in [5, 5.41) is 8.35. The van der Waals surface area contributed by atoms with Gasteiger partial charge in [-0.2, -0.15) is 0 Å². The second-order valence-electron chi connectivity index (χ2n) is 8.90. The van der Waals surface area contributed by atoms with Gasteiger partial charge in [-0.25, -0.2) is 9.50 Å². The number of fused-ring (bicyclic) bond motifs is 2. The number of amides is 1. The van der Waals surface area contributed by atoms with E-state index in [1.54, 1.807) is 68.3 Å². The molecule has 2 aromatic carbocycles. The number of methoxy groups -OCH3 is 2. The first-order valence-electron chi connectivity index (χ1n) is 12.2. The van der Waals surface area contributed by atoms with Crippen LogP contribution in [0.4, 0.5) is 5.69 Å². The van der Waals surface area contributed by atoms with Crippen molar-refractivity contribution in [2.24, 2.45) is 0 Å². The summed E-state index contributed by atoms with van der Waals surface area (Å²) in [7, 11) is 3.13. The number of hydrogen-bond donors (Lipinski definition) is 2. The Labute approximate surface area is 231 Å². The summed E-state index contributed by atoms with van der Waals surface area (Å²) in [4.78, 5) is 32.7. The van der Waals surface area contributed by atoms with Gasteiger partial charge < -0.3 is 28.9 Å². The van der Waals surface area contributed by atoms with Gasteiger partial charge in [-0.3, -0.25) is 9.59 Å². The van der Waals surface area contributed by atoms with Crippen LogP contribution in [0, 0.1) is 6.92 Å². The zero-order valence-electron chi connectivity index (χ0n) is 21.7. The summed E-state index contributed by atoms with van der Waals surface area (Å²) in [5.74, 6) is 1.20. The molecular weight excluding hydrogens is 534 g/mol. The Bertz CT molecular complexity index is 1900. The van der Waals surface area contributed by atoms with Gasteiger partial charge in [0.25, 0.3) is 16.7 Å². The van der Waals surface area contributed by atoms with E-state index < -0.39 is 11.5 Å². The molecule has 0 bridgehead atoms. The Balaban J connectivity index is 1.23. The summed E-state index contributed by atoms with van der Waals surface area (Å²) in [6.45, 7) is 1.96. The van der Waals surface area contributed by atoms with Crippen molar-refractivity contribution in [2.45, 2.75) is 13.5 Å². The molecule has 0 spiro atoms. The number of nitrogens with zero attached hydrogens (tertiary/aromatic N) is 3. The fraction of sp³-hybridized carbons (Fsp3) is 0.143. The van der Waals surface area contributed by atoms with Gasteiger partial charge in [-0.15, -0.1) is 5.10 Å². The Morgan fingerprint density at radius 2 is 2.00 bits per heavy atom. The minimum atomic E-state index is -0.493. The normalized spacial score (nSPS) is 11.2. The number of carbonyl (C=O) groups excluding carboxylic acids is 1. The summed E-state index contributed by atoms with van der Waals surface area (Å²) in [6, 6.07) is 15.8. The predicted molar refractivity (Wildman–Crippen MR) is 150 cm³/mol. The number of aryl methyl sites for hydroxylation is 1. The molecule has 4 heterocycles. The standard InChI is InChI=1S/C28H23N5O6S/c1-15-7-8-19(25(34)29-15)26(35)30-17-6-4-5-16(9-17)14-38-22-10-18(36-2)11-23-20(22)12-24(39-23)21-13-33-27(31-21)40-28(32-33)37-3/h4-13H,14H2,1-3H3,(H,29,34)(H,30,35). The molecular formula is C28H23N5O6S. The second kappa shape index (κ2) is 10.2. The fourth-order valence-electron chi connectivity index (χ4n) is 4.18. The topological polar surface area (TPSA) is 133 Å². The quantitative estimate of drug-likeness (QED) is 0.266.